The molecule has 2 amide bonds. The minimum Gasteiger partial charge on any atom is -0.481 e. The molecule has 0 spiro atoms. The first-order valence-corrected chi connectivity index (χ1v) is 17.4. The van der Waals surface area contributed by atoms with Crippen LogP contribution in [-0.4, -0.2) is 106 Å². The third kappa shape index (κ3) is 34.6. The van der Waals surface area contributed by atoms with Crippen molar-refractivity contribution in [2.24, 2.45) is 5.73 Å². The van der Waals surface area contributed by atoms with Crippen molar-refractivity contribution >= 4 is 23.8 Å². The van der Waals surface area contributed by atoms with Gasteiger partial charge in [0.2, 0.25) is 11.8 Å². The third-order valence-corrected chi connectivity index (χ3v) is 7.28. The second-order valence-electron chi connectivity index (χ2n) is 11.5. The van der Waals surface area contributed by atoms with Gasteiger partial charge in [-0.2, -0.15) is 0 Å². The van der Waals surface area contributed by atoms with E-state index < -0.39 is 18.0 Å². The molecule has 13 heteroatoms. The second-order valence-corrected chi connectivity index (χ2v) is 11.5. The Bertz CT molecular complexity index is 757. The van der Waals surface area contributed by atoms with Gasteiger partial charge in [0.25, 0.3) is 0 Å². The van der Waals surface area contributed by atoms with Gasteiger partial charge in [-0.15, -0.1) is 0 Å². The second kappa shape index (κ2) is 34.0. The Hall–Kier alpha value is -2.32. The zero-order valence-corrected chi connectivity index (χ0v) is 28.1. The van der Waals surface area contributed by atoms with Crippen LogP contribution in [0.15, 0.2) is 0 Å². The largest absolute Gasteiger partial charge is 0.481 e. The molecule has 0 radical (unpaired) electrons. The number of aliphatic carboxylic acids is 2. The molecule has 270 valence electrons. The number of rotatable bonds is 36. The molecule has 0 aliphatic heterocycles. The van der Waals surface area contributed by atoms with Crippen molar-refractivity contribution in [2.45, 2.75) is 122 Å². The Morgan fingerprint density at radius 3 is 1.39 bits per heavy atom. The summed E-state index contributed by atoms with van der Waals surface area (Å²) in [4.78, 5) is 44.8. The minimum absolute atomic E-state index is 0.0697. The fraction of sp³-hybridized carbons (Fsp3) is 0.879. The van der Waals surface area contributed by atoms with Gasteiger partial charge in [-0.05, 0) is 32.1 Å². The van der Waals surface area contributed by atoms with E-state index in [0.29, 0.717) is 98.0 Å². The molecule has 0 saturated heterocycles. The molecule has 13 nitrogen and oxygen atoms in total. The Morgan fingerprint density at radius 2 is 0.891 bits per heavy atom. The molecule has 0 rings (SSSR count). The lowest BCUT2D eigenvalue weighted by molar-refractivity contribution is -0.139. The fourth-order valence-corrected chi connectivity index (χ4v) is 4.54. The molecule has 0 fully saturated rings. The van der Waals surface area contributed by atoms with E-state index in [9.17, 15) is 19.2 Å². The number of nitrogens with two attached hydrogens (primary N) is 1. The molecule has 46 heavy (non-hydrogen) atoms. The predicted octanol–water partition coefficient (Wildman–Crippen LogP) is 3.80. The number of hydrogen-bond acceptors (Lipinski definition) is 9. The molecule has 0 aliphatic rings. The van der Waals surface area contributed by atoms with Gasteiger partial charge < -0.3 is 45.5 Å². The van der Waals surface area contributed by atoms with Crippen LogP contribution in [0, 0.1) is 0 Å². The van der Waals surface area contributed by atoms with Crippen LogP contribution in [-0.2, 0) is 38.1 Å². The molecule has 0 aromatic carbocycles. The lowest BCUT2D eigenvalue weighted by Gasteiger charge is -2.09. The van der Waals surface area contributed by atoms with Crippen LogP contribution in [0.25, 0.3) is 0 Å². The van der Waals surface area contributed by atoms with Crippen molar-refractivity contribution in [1.29, 1.82) is 0 Å². The van der Waals surface area contributed by atoms with E-state index in [0.717, 1.165) is 32.1 Å². The van der Waals surface area contributed by atoms with Crippen LogP contribution >= 0.6 is 0 Å². The zero-order chi connectivity index (χ0) is 33.9. The summed E-state index contributed by atoms with van der Waals surface area (Å²) < 4.78 is 21.7. The van der Waals surface area contributed by atoms with Crippen molar-refractivity contribution in [1.82, 2.24) is 10.6 Å². The summed E-state index contributed by atoms with van der Waals surface area (Å²) in [7, 11) is 0. The SMILES string of the molecule is N[C@@H](CCCCNC(=O)CCOCCOCCOCCOCCNC(=O)CCCCCCCCCCCCCCC(=O)O)C(=O)O. The first-order chi connectivity index (χ1) is 22.3. The summed E-state index contributed by atoms with van der Waals surface area (Å²) >= 11 is 0. The number of unbranched alkanes of at least 4 members (excludes halogenated alkanes) is 12. The monoisotopic (exact) mass is 661 g/mol. The number of carbonyl (C=O) groups is 4. The molecule has 0 aliphatic carbocycles. The Labute approximate surface area is 276 Å². The minimum atomic E-state index is -1.01. The van der Waals surface area contributed by atoms with Gasteiger partial charge in [0.05, 0.1) is 52.9 Å². The first kappa shape index (κ1) is 43.7. The van der Waals surface area contributed by atoms with E-state index in [-0.39, 0.29) is 18.2 Å². The normalized spacial score (nSPS) is 11.8. The summed E-state index contributed by atoms with van der Waals surface area (Å²) in [6.07, 6.45) is 16.4. The topological polar surface area (TPSA) is 196 Å². The third-order valence-electron chi connectivity index (χ3n) is 7.28. The van der Waals surface area contributed by atoms with Gasteiger partial charge in [0.1, 0.15) is 6.04 Å². The first-order valence-electron chi connectivity index (χ1n) is 17.4. The van der Waals surface area contributed by atoms with Gasteiger partial charge in [0, 0.05) is 32.4 Å². The maximum absolute atomic E-state index is 11.9. The fourth-order valence-electron chi connectivity index (χ4n) is 4.54. The van der Waals surface area contributed by atoms with E-state index in [1.807, 2.05) is 0 Å². The van der Waals surface area contributed by atoms with Gasteiger partial charge in [0.15, 0.2) is 0 Å². The number of carboxylic acid groups (broad SMARTS) is 2. The molecule has 0 unspecified atom stereocenters. The Kier molecular flexibility index (Phi) is 32.3. The van der Waals surface area contributed by atoms with Crippen LogP contribution in [0.2, 0.25) is 0 Å². The van der Waals surface area contributed by atoms with Crippen LogP contribution < -0.4 is 16.4 Å². The highest BCUT2D eigenvalue weighted by atomic mass is 16.6. The van der Waals surface area contributed by atoms with Crippen molar-refractivity contribution in [3.05, 3.63) is 0 Å². The number of carboxylic acids is 2. The van der Waals surface area contributed by atoms with Gasteiger partial charge in [-0.25, -0.2) is 0 Å². The predicted molar refractivity (Wildman–Crippen MR) is 176 cm³/mol. The zero-order valence-electron chi connectivity index (χ0n) is 28.1. The standard InChI is InChI=1S/C33H63N3O10/c34-29(33(41)42)15-13-14-19-35-31(38)18-21-43-23-25-45-27-28-46-26-24-44-22-20-36-30(37)16-11-9-7-5-3-1-2-4-6-8-10-12-17-32(39)40/h29H,1-28,34H2,(H,35,38)(H,36,37)(H,39,40)(H,41,42)/t29-/m0/s1. The molecule has 0 saturated carbocycles. The molecule has 0 aromatic rings. The summed E-state index contributed by atoms with van der Waals surface area (Å²) in [5.41, 5.74) is 5.43. The van der Waals surface area contributed by atoms with Gasteiger partial charge in [-0.3, -0.25) is 19.2 Å². The summed E-state index contributed by atoms with van der Waals surface area (Å²) in [6, 6.07) is -0.852. The number of amides is 2. The van der Waals surface area contributed by atoms with Crippen LogP contribution in [0.3, 0.4) is 0 Å². The van der Waals surface area contributed by atoms with Gasteiger partial charge in [-0.1, -0.05) is 64.2 Å². The van der Waals surface area contributed by atoms with Crippen molar-refractivity contribution in [3.8, 4) is 0 Å². The molecule has 0 bridgehead atoms. The average molecular weight is 662 g/mol. The summed E-state index contributed by atoms with van der Waals surface area (Å²) in [6.45, 7) is 4.30. The van der Waals surface area contributed by atoms with E-state index in [4.69, 9.17) is 34.9 Å². The maximum Gasteiger partial charge on any atom is 0.320 e. The highest BCUT2D eigenvalue weighted by Gasteiger charge is 2.10. The average Bonchev–Trinajstić information content (AvgIpc) is 3.02. The molecule has 6 N–H and O–H groups in total. The summed E-state index contributed by atoms with van der Waals surface area (Å²) in [5, 5.41) is 23.0. The highest BCUT2D eigenvalue weighted by molar-refractivity contribution is 5.76. The number of carbonyl (C=O) groups excluding carboxylic acids is 2. The molecule has 0 aromatic heterocycles. The number of nitrogens with one attached hydrogen (secondary N) is 2. The Morgan fingerprint density at radius 1 is 0.478 bits per heavy atom. The lowest BCUT2D eigenvalue weighted by Crippen LogP contribution is -2.30. The number of ether oxygens (including phenoxy) is 4. The summed E-state index contributed by atoms with van der Waals surface area (Å²) in [5.74, 6) is -1.74. The van der Waals surface area contributed by atoms with Crippen LogP contribution in [0.5, 0.6) is 0 Å². The highest BCUT2D eigenvalue weighted by Crippen LogP contribution is 2.13. The molecule has 1 atom stereocenters. The van der Waals surface area contributed by atoms with Crippen molar-refractivity contribution in [3.63, 3.8) is 0 Å². The molecule has 0 heterocycles. The smallest absolute Gasteiger partial charge is 0.320 e. The van der Waals surface area contributed by atoms with Crippen molar-refractivity contribution in [2.75, 3.05) is 65.9 Å². The number of hydrogen-bond donors (Lipinski definition) is 5. The van der Waals surface area contributed by atoms with Gasteiger partial charge >= 0.3 is 11.9 Å². The molecular weight excluding hydrogens is 598 g/mol. The van der Waals surface area contributed by atoms with Crippen LogP contribution in [0.1, 0.15) is 116 Å². The van der Waals surface area contributed by atoms with Crippen LogP contribution in [0.4, 0.5) is 0 Å². The lowest BCUT2D eigenvalue weighted by atomic mass is 10.0. The van der Waals surface area contributed by atoms with E-state index in [2.05, 4.69) is 10.6 Å². The Balaban J connectivity index is 3.25. The van der Waals surface area contributed by atoms with E-state index >= 15 is 0 Å². The van der Waals surface area contributed by atoms with E-state index in [1.165, 1.54) is 44.9 Å². The van der Waals surface area contributed by atoms with E-state index in [1.54, 1.807) is 0 Å². The molecular formula is C33H63N3O10. The maximum atomic E-state index is 11.9. The quantitative estimate of drug-likeness (QED) is 0.0613. The van der Waals surface area contributed by atoms with Crippen molar-refractivity contribution < 1.29 is 48.3 Å².